The van der Waals surface area contributed by atoms with Crippen LogP contribution in [0.1, 0.15) is 24.8 Å². The fraction of sp³-hybridized carbons (Fsp3) is 0.533. The monoisotopic (exact) mass is 314 g/mol. The highest BCUT2D eigenvalue weighted by atomic mass is 35.5. The van der Waals surface area contributed by atoms with Gasteiger partial charge in [-0.3, -0.25) is 0 Å². The number of alkyl halides is 1. The van der Waals surface area contributed by atoms with Crippen LogP contribution in [0.2, 0.25) is 0 Å². The van der Waals surface area contributed by atoms with Crippen molar-refractivity contribution in [3.8, 4) is 0 Å². The van der Waals surface area contributed by atoms with E-state index in [0.717, 1.165) is 25.2 Å². The first kappa shape index (κ1) is 15.6. The Morgan fingerprint density at radius 2 is 1.90 bits per heavy atom. The van der Waals surface area contributed by atoms with Crippen molar-refractivity contribution in [3.05, 3.63) is 35.9 Å². The second-order valence-electron chi connectivity index (χ2n) is 5.00. The van der Waals surface area contributed by atoms with Gasteiger partial charge in [0, 0.05) is 12.1 Å². The fourth-order valence-electron chi connectivity index (χ4n) is 2.28. The minimum atomic E-state index is -0.0582. The number of halogens is 2. The van der Waals surface area contributed by atoms with Gasteiger partial charge in [-0.05, 0) is 25.9 Å². The highest BCUT2D eigenvalue weighted by Gasteiger charge is 2.15. The summed E-state index contributed by atoms with van der Waals surface area (Å²) in [4.78, 5) is 7.63. The van der Waals surface area contributed by atoms with E-state index in [-0.39, 0.29) is 5.38 Å². The zero-order valence-electron chi connectivity index (χ0n) is 11.5. The molecule has 5 heteroatoms. The predicted octanol–water partition coefficient (Wildman–Crippen LogP) is 3.70. The summed E-state index contributed by atoms with van der Waals surface area (Å²) >= 11 is 12.3. The molecule has 0 saturated carbocycles. The molecule has 1 aromatic carbocycles. The molecule has 0 aliphatic carbocycles. The number of hydrogen-bond donors (Lipinski definition) is 0. The van der Waals surface area contributed by atoms with Crippen molar-refractivity contribution in [2.75, 3.05) is 26.2 Å². The standard InChI is InChI=1S/C15H20Cl2N2O/c16-14(11-19-9-5-2-6-10-19)12-20-18-15(17)13-7-3-1-4-8-13/h1,3-4,7-8,14H,2,5-6,9-12H2/b18-15-. The van der Waals surface area contributed by atoms with Crippen molar-refractivity contribution in [1.82, 2.24) is 4.90 Å². The zero-order chi connectivity index (χ0) is 14.2. The summed E-state index contributed by atoms with van der Waals surface area (Å²) in [5.74, 6) is 0. The van der Waals surface area contributed by atoms with Crippen molar-refractivity contribution < 1.29 is 4.84 Å². The van der Waals surface area contributed by atoms with Crippen LogP contribution in [0, 0.1) is 0 Å². The van der Waals surface area contributed by atoms with Gasteiger partial charge in [-0.1, -0.05) is 53.5 Å². The van der Waals surface area contributed by atoms with E-state index in [1.807, 2.05) is 30.3 Å². The van der Waals surface area contributed by atoms with Crippen LogP contribution in [0.4, 0.5) is 0 Å². The average molecular weight is 315 g/mol. The van der Waals surface area contributed by atoms with Gasteiger partial charge in [0.05, 0.1) is 5.38 Å². The first-order valence-electron chi connectivity index (χ1n) is 7.03. The van der Waals surface area contributed by atoms with Gasteiger partial charge in [0.1, 0.15) is 6.61 Å². The van der Waals surface area contributed by atoms with E-state index in [4.69, 9.17) is 28.0 Å². The molecule has 1 aliphatic rings. The van der Waals surface area contributed by atoms with Crippen molar-refractivity contribution >= 4 is 28.4 Å². The molecule has 1 heterocycles. The lowest BCUT2D eigenvalue weighted by Crippen LogP contribution is -2.35. The Bertz CT molecular complexity index is 419. The second kappa shape index (κ2) is 8.50. The molecule has 1 aliphatic heterocycles. The van der Waals surface area contributed by atoms with Gasteiger partial charge >= 0.3 is 0 Å². The number of rotatable bonds is 6. The molecule has 1 atom stereocenters. The first-order chi connectivity index (χ1) is 9.75. The SMILES string of the molecule is Cl/C(=N\OCC(Cl)CN1CCCCC1)c1ccccc1. The number of piperidine rings is 1. The van der Waals surface area contributed by atoms with Crippen molar-refractivity contribution in [1.29, 1.82) is 0 Å². The Kier molecular flexibility index (Phi) is 6.64. The number of benzene rings is 1. The van der Waals surface area contributed by atoms with Crippen LogP contribution < -0.4 is 0 Å². The van der Waals surface area contributed by atoms with E-state index < -0.39 is 0 Å². The molecule has 0 amide bonds. The van der Waals surface area contributed by atoms with Crippen molar-refractivity contribution in [2.24, 2.45) is 5.16 Å². The predicted molar refractivity (Wildman–Crippen MR) is 84.7 cm³/mol. The fourth-order valence-corrected chi connectivity index (χ4v) is 2.70. The Morgan fingerprint density at radius 1 is 1.20 bits per heavy atom. The summed E-state index contributed by atoms with van der Waals surface area (Å²) in [7, 11) is 0. The van der Waals surface area contributed by atoms with E-state index in [1.165, 1.54) is 19.3 Å². The maximum atomic E-state index is 6.26. The van der Waals surface area contributed by atoms with Crippen LogP contribution >= 0.6 is 23.2 Å². The Balaban J connectivity index is 1.71. The average Bonchev–Trinajstić information content (AvgIpc) is 2.49. The molecule has 0 bridgehead atoms. The summed E-state index contributed by atoms with van der Waals surface area (Å²) in [6, 6.07) is 9.53. The minimum absolute atomic E-state index is 0.0582. The summed E-state index contributed by atoms with van der Waals surface area (Å²) < 4.78 is 0. The molecule has 1 unspecified atom stereocenters. The van der Waals surface area contributed by atoms with E-state index >= 15 is 0 Å². The quantitative estimate of drug-likeness (QED) is 0.454. The molecule has 0 spiro atoms. The lowest BCUT2D eigenvalue weighted by Gasteiger charge is -2.27. The molecule has 20 heavy (non-hydrogen) atoms. The van der Waals surface area contributed by atoms with Gasteiger partial charge in [0.15, 0.2) is 5.17 Å². The van der Waals surface area contributed by atoms with Crippen LogP contribution in [0.25, 0.3) is 0 Å². The van der Waals surface area contributed by atoms with E-state index in [0.29, 0.717) is 11.8 Å². The molecule has 3 nitrogen and oxygen atoms in total. The highest BCUT2D eigenvalue weighted by Crippen LogP contribution is 2.11. The van der Waals surface area contributed by atoms with Gasteiger partial charge in [0.2, 0.25) is 0 Å². The lowest BCUT2D eigenvalue weighted by molar-refractivity contribution is 0.128. The molecular weight excluding hydrogens is 295 g/mol. The third kappa shape index (κ3) is 5.31. The number of hydrogen-bond acceptors (Lipinski definition) is 3. The zero-order valence-corrected chi connectivity index (χ0v) is 13.0. The molecule has 1 aromatic rings. The van der Waals surface area contributed by atoms with Crippen LogP contribution in [0.5, 0.6) is 0 Å². The van der Waals surface area contributed by atoms with Crippen molar-refractivity contribution in [2.45, 2.75) is 24.6 Å². The van der Waals surface area contributed by atoms with Crippen LogP contribution in [0.3, 0.4) is 0 Å². The van der Waals surface area contributed by atoms with Crippen LogP contribution in [-0.2, 0) is 4.84 Å². The summed E-state index contributed by atoms with van der Waals surface area (Å²) in [5.41, 5.74) is 0.844. The number of likely N-dealkylation sites (tertiary alicyclic amines) is 1. The third-order valence-corrected chi connectivity index (χ3v) is 3.87. The molecule has 110 valence electrons. The van der Waals surface area contributed by atoms with E-state index in [9.17, 15) is 0 Å². The normalized spacial score (nSPS) is 18.8. The molecule has 2 rings (SSSR count). The second-order valence-corrected chi connectivity index (χ2v) is 5.98. The molecule has 0 N–H and O–H groups in total. The van der Waals surface area contributed by atoms with Gasteiger partial charge in [-0.25, -0.2) is 0 Å². The Morgan fingerprint density at radius 3 is 2.60 bits per heavy atom. The highest BCUT2D eigenvalue weighted by molar-refractivity contribution is 6.69. The van der Waals surface area contributed by atoms with E-state index in [2.05, 4.69) is 10.1 Å². The lowest BCUT2D eigenvalue weighted by atomic mass is 10.1. The largest absolute Gasteiger partial charge is 0.393 e. The number of oxime groups is 1. The van der Waals surface area contributed by atoms with Gasteiger partial charge in [-0.2, -0.15) is 0 Å². The van der Waals surface area contributed by atoms with Crippen LogP contribution in [0.15, 0.2) is 35.5 Å². The molecule has 0 aromatic heterocycles. The maximum absolute atomic E-state index is 6.26. The summed E-state index contributed by atoms with van der Waals surface area (Å²) in [6.07, 6.45) is 3.86. The number of nitrogens with zero attached hydrogens (tertiary/aromatic N) is 2. The van der Waals surface area contributed by atoms with Gasteiger partial charge in [0.25, 0.3) is 0 Å². The third-order valence-electron chi connectivity index (χ3n) is 3.32. The summed E-state index contributed by atoms with van der Waals surface area (Å²) in [5, 5.41) is 4.20. The Labute approximate surface area is 130 Å². The minimum Gasteiger partial charge on any atom is -0.393 e. The Hall–Kier alpha value is -0.770. The van der Waals surface area contributed by atoms with E-state index in [1.54, 1.807) is 0 Å². The molecule has 0 radical (unpaired) electrons. The maximum Gasteiger partial charge on any atom is 0.175 e. The molecule has 1 saturated heterocycles. The summed E-state index contributed by atoms with van der Waals surface area (Å²) in [6.45, 7) is 3.50. The molecule has 1 fully saturated rings. The first-order valence-corrected chi connectivity index (χ1v) is 7.84. The smallest absolute Gasteiger partial charge is 0.175 e. The van der Waals surface area contributed by atoms with Crippen molar-refractivity contribution in [3.63, 3.8) is 0 Å². The van der Waals surface area contributed by atoms with Crippen LogP contribution in [-0.4, -0.2) is 41.7 Å². The van der Waals surface area contributed by atoms with Gasteiger partial charge < -0.3 is 9.74 Å². The molecular formula is C15H20Cl2N2O. The van der Waals surface area contributed by atoms with Gasteiger partial charge in [-0.15, -0.1) is 11.6 Å². The topological polar surface area (TPSA) is 24.8 Å².